The topological polar surface area (TPSA) is 45.1 Å². The molecule has 0 bridgehead atoms. The lowest BCUT2D eigenvalue weighted by atomic mass is 9.94. The lowest BCUT2D eigenvalue weighted by Gasteiger charge is -2.29. The summed E-state index contributed by atoms with van der Waals surface area (Å²) in [7, 11) is 0. The number of nitrogens with zero attached hydrogens (tertiary/aromatic N) is 3. The molecular formula is C24H31N5. The molecule has 2 unspecified atom stereocenters. The van der Waals surface area contributed by atoms with Crippen LogP contribution in [0.1, 0.15) is 29.2 Å². The van der Waals surface area contributed by atoms with E-state index in [9.17, 15) is 0 Å². The highest BCUT2D eigenvalue weighted by Gasteiger charge is 2.29. The Balaban J connectivity index is 1.44. The van der Waals surface area contributed by atoms with Gasteiger partial charge >= 0.3 is 0 Å². The molecule has 29 heavy (non-hydrogen) atoms. The molecule has 0 amide bonds. The van der Waals surface area contributed by atoms with Crippen LogP contribution < -0.4 is 10.9 Å². The van der Waals surface area contributed by atoms with Crippen molar-refractivity contribution in [2.24, 2.45) is 5.92 Å². The van der Waals surface area contributed by atoms with Gasteiger partial charge in [-0.3, -0.25) is 10.3 Å². The molecular weight excluding hydrogens is 358 g/mol. The Labute approximate surface area is 173 Å². The first-order valence-corrected chi connectivity index (χ1v) is 10.6. The predicted molar refractivity (Wildman–Crippen MR) is 117 cm³/mol. The van der Waals surface area contributed by atoms with Crippen molar-refractivity contribution in [3.05, 3.63) is 90.0 Å². The second-order valence-electron chi connectivity index (χ2n) is 7.99. The van der Waals surface area contributed by atoms with Crippen molar-refractivity contribution < 1.29 is 0 Å². The van der Waals surface area contributed by atoms with Gasteiger partial charge in [0.2, 0.25) is 0 Å². The minimum atomic E-state index is 0.351. The summed E-state index contributed by atoms with van der Waals surface area (Å²) in [6.45, 7) is 7.35. The van der Waals surface area contributed by atoms with E-state index in [-0.39, 0.29) is 0 Å². The summed E-state index contributed by atoms with van der Waals surface area (Å²) in [6.07, 6.45) is 6.92. The number of hydrazine groups is 1. The van der Waals surface area contributed by atoms with Gasteiger partial charge in [-0.05, 0) is 30.0 Å². The van der Waals surface area contributed by atoms with Gasteiger partial charge in [0.1, 0.15) is 0 Å². The number of nitrogens with one attached hydrogen (secondary N) is 2. The number of hydrogen-bond acceptors (Lipinski definition) is 4. The van der Waals surface area contributed by atoms with E-state index in [1.54, 1.807) is 0 Å². The second-order valence-corrected chi connectivity index (χ2v) is 7.99. The Morgan fingerprint density at radius 1 is 1.10 bits per heavy atom. The van der Waals surface area contributed by atoms with Crippen LogP contribution in [0.25, 0.3) is 0 Å². The first-order valence-electron chi connectivity index (χ1n) is 10.6. The zero-order valence-corrected chi connectivity index (χ0v) is 17.2. The smallest absolute Gasteiger partial charge is 0.0945 e. The van der Waals surface area contributed by atoms with Crippen molar-refractivity contribution in [1.82, 2.24) is 25.3 Å². The molecule has 1 aromatic heterocycles. The third-order valence-corrected chi connectivity index (χ3v) is 5.85. The Hall–Kier alpha value is -2.47. The number of rotatable bonds is 9. The average Bonchev–Trinajstić information content (AvgIpc) is 3.42. The highest BCUT2D eigenvalue weighted by atomic mass is 15.4. The molecule has 1 aliphatic rings. The van der Waals surface area contributed by atoms with Crippen LogP contribution >= 0.6 is 0 Å². The quantitative estimate of drug-likeness (QED) is 0.588. The molecule has 2 heterocycles. The summed E-state index contributed by atoms with van der Waals surface area (Å²) < 4.78 is 2.16. The summed E-state index contributed by atoms with van der Waals surface area (Å²) in [5.74, 6) is 0.537. The van der Waals surface area contributed by atoms with Crippen LogP contribution in [-0.4, -0.2) is 34.1 Å². The molecule has 5 nitrogen and oxygen atoms in total. The standard InChI is InChI=1S/C24H31N5/c1-20-8-5-6-11-22(20)17-29(14-7-13-28-15-12-25-19-28)18-23-16-26-27-24(23)21-9-3-2-4-10-21/h2-6,8-12,15,19,23-24,26-27H,7,13-14,16-18H2,1H3. The van der Waals surface area contributed by atoms with Crippen LogP contribution in [-0.2, 0) is 13.1 Å². The molecule has 0 radical (unpaired) electrons. The molecule has 0 aliphatic carbocycles. The molecule has 3 aromatic rings. The molecule has 1 fully saturated rings. The van der Waals surface area contributed by atoms with Gasteiger partial charge in [-0.25, -0.2) is 10.4 Å². The fourth-order valence-corrected chi connectivity index (χ4v) is 4.21. The predicted octanol–water partition coefficient (Wildman–Crippen LogP) is 3.55. The maximum absolute atomic E-state index is 4.16. The maximum Gasteiger partial charge on any atom is 0.0945 e. The third kappa shape index (κ3) is 5.32. The van der Waals surface area contributed by atoms with Crippen LogP contribution in [0.2, 0.25) is 0 Å². The minimum Gasteiger partial charge on any atom is -0.337 e. The summed E-state index contributed by atoms with van der Waals surface area (Å²) in [5, 5.41) is 0. The zero-order chi connectivity index (χ0) is 19.9. The number of aryl methyl sites for hydroxylation is 2. The average molecular weight is 390 g/mol. The van der Waals surface area contributed by atoms with Crippen LogP contribution in [0, 0.1) is 12.8 Å². The summed E-state index contributed by atoms with van der Waals surface area (Å²) in [5.41, 5.74) is 11.0. The Bertz CT molecular complexity index is 862. The third-order valence-electron chi connectivity index (χ3n) is 5.85. The lowest BCUT2D eigenvalue weighted by molar-refractivity contribution is 0.212. The van der Waals surface area contributed by atoms with Gasteiger partial charge in [-0.15, -0.1) is 0 Å². The van der Waals surface area contributed by atoms with Gasteiger partial charge in [0.25, 0.3) is 0 Å². The van der Waals surface area contributed by atoms with E-state index >= 15 is 0 Å². The van der Waals surface area contributed by atoms with E-state index in [2.05, 4.69) is 86.8 Å². The van der Waals surface area contributed by atoms with Crippen molar-refractivity contribution in [2.75, 3.05) is 19.6 Å². The minimum absolute atomic E-state index is 0.351. The summed E-state index contributed by atoms with van der Waals surface area (Å²) in [4.78, 5) is 6.78. The first kappa shape index (κ1) is 19.8. The molecule has 1 aliphatic heterocycles. The van der Waals surface area contributed by atoms with Crippen molar-refractivity contribution in [3.63, 3.8) is 0 Å². The molecule has 5 heteroatoms. The maximum atomic E-state index is 4.16. The molecule has 152 valence electrons. The Morgan fingerprint density at radius 2 is 1.93 bits per heavy atom. The normalized spacial score (nSPS) is 19.1. The number of benzene rings is 2. The van der Waals surface area contributed by atoms with E-state index in [0.717, 1.165) is 39.1 Å². The van der Waals surface area contributed by atoms with Gasteiger partial charge in [-0.2, -0.15) is 0 Å². The monoisotopic (exact) mass is 389 g/mol. The number of aromatic nitrogens is 2. The fourth-order valence-electron chi connectivity index (χ4n) is 4.21. The van der Waals surface area contributed by atoms with Gasteiger partial charge < -0.3 is 4.57 Å². The lowest BCUT2D eigenvalue weighted by Crippen LogP contribution is -2.34. The molecule has 2 N–H and O–H groups in total. The summed E-state index contributed by atoms with van der Waals surface area (Å²) >= 11 is 0. The molecule has 0 saturated carbocycles. The molecule has 0 spiro atoms. The zero-order valence-electron chi connectivity index (χ0n) is 17.2. The number of imidazole rings is 1. The van der Waals surface area contributed by atoms with E-state index in [1.165, 1.54) is 16.7 Å². The first-order chi connectivity index (χ1) is 14.3. The highest BCUT2D eigenvalue weighted by Crippen LogP contribution is 2.26. The Morgan fingerprint density at radius 3 is 2.72 bits per heavy atom. The second kappa shape index (κ2) is 9.83. The van der Waals surface area contributed by atoms with Crippen LogP contribution in [0.5, 0.6) is 0 Å². The summed E-state index contributed by atoms with van der Waals surface area (Å²) in [6, 6.07) is 19.9. The van der Waals surface area contributed by atoms with E-state index < -0.39 is 0 Å². The van der Waals surface area contributed by atoms with Crippen LogP contribution in [0.4, 0.5) is 0 Å². The molecule has 1 saturated heterocycles. The highest BCUT2D eigenvalue weighted by molar-refractivity contribution is 5.25. The Kier molecular flexibility index (Phi) is 6.72. The van der Waals surface area contributed by atoms with Gasteiger partial charge in [0, 0.05) is 51.0 Å². The fraction of sp³-hybridized carbons (Fsp3) is 0.375. The van der Waals surface area contributed by atoms with E-state index in [0.29, 0.717) is 12.0 Å². The van der Waals surface area contributed by atoms with Gasteiger partial charge in [-0.1, -0.05) is 54.6 Å². The van der Waals surface area contributed by atoms with Crippen LogP contribution in [0.15, 0.2) is 73.3 Å². The van der Waals surface area contributed by atoms with Crippen molar-refractivity contribution in [1.29, 1.82) is 0 Å². The van der Waals surface area contributed by atoms with Crippen molar-refractivity contribution in [2.45, 2.75) is 32.5 Å². The SMILES string of the molecule is Cc1ccccc1CN(CCCn1ccnc1)CC1CNNC1c1ccccc1. The van der Waals surface area contributed by atoms with Gasteiger partial charge in [0.05, 0.1) is 12.4 Å². The molecule has 4 rings (SSSR count). The molecule has 2 aromatic carbocycles. The van der Waals surface area contributed by atoms with Crippen molar-refractivity contribution in [3.8, 4) is 0 Å². The van der Waals surface area contributed by atoms with E-state index in [1.807, 2.05) is 18.7 Å². The number of hydrogen-bond donors (Lipinski definition) is 2. The van der Waals surface area contributed by atoms with E-state index in [4.69, 9.17) is 0 Å². The van der Waals surface area contributed by atoms with Gasteiger partial charge in [0.15, 0.2) is 0 Å². The van der Waals surface area contributed by atoms with Crippen LogP contribution in [0.3, 0.4) is 0 Å². The molecule has 2 atom stereocenters. The van der Waals surface area contributed by atoms with Crippen molar-refractivity contribution >= 4 is 0 Å². The largest absolute Gasteiger partial charge is 0.337 e.